The van der Waals surface area contributed by atoms with Gasteiger partial charge in [0.2, 0.25) is 5.91 Å². The van der Waals surface area contributed by atoms with Crippen molar-refractivity contribution in [2.24, 2.45) is 5.92 Å². The zero-order valence-corrected chi connectivity index (χ0v) is 8.64. The van der Waals surface area contributed by atoms with Crippen molar-refractivity contribution in [3.05, 3.63) is 24.0 Å². The standard InChI is InChI=1S/C11H12N2O3/c14-10(5-7-1-2-7)13-8-3-4-9(11(15)16)12-6-8/h3-4,6-7H,1-2,5H2,(H,13,14)(H,15,16). The highest BCUT2D eigenvalue weighted by Gasteiger charge is 2.24. The average molecular weight is 220 g/mol. The number of carbonyl (C=O) groups excluding carboxylic acids is 1. The summed E-state index contributed by atoms with van der Waals surface area (Å²) in [6.07, 6.45) is 4.15. The van der Waals surface area contributed by atoms with Gasteiger partial charge in [-0.2, -0.15) is 0 Å². The van der Waals surface area contributed by atoms with Crippen molar-refractivity contribution < 1.29 is 14.7 Å². The molecule has 1 aliphatic carbocycles. The van der Waals surface area contributed by atoms with Crippen LogP contribution in [0.3, 0.4) is 0 Å². The van der Waals surface area contributed by atoms with Crippen LogP contribution in [0.15, 0.2) is 18.3 Å². The van der Waals surface area contributed by atoms with Gasteiger partial charge in [-0.05, 0) is 30.9 Å². The molecule has 5 nitrogen and oxygen atoms in total. The van der Waals surface area contributed by atoms with Crippen LogP contribution >= 0.6 is 0 Å². The Labute approximate surface area is 92.5 Å². The summed E-state index contributed by atoms with van der Waals surface area (Å²) >= 11 is 0. The molecule has 0 atom stereocenters. The predicted octanol–water partition coefficient (Wildman–Crippen LogP) is 1.52. The van der Waals surface area contributed by atoms with Gasteiger partial charge < -0.3 is 10.4 Å². The van der Waals surface area contributed by atoms with E-state index in [0.717, 1.165) is 12.8 Å². The molecule has 2 rings (SSSR count). The quantitative estimate of drug-likeness (QED) is 0.806. The number of nitrogens with zero attached hydrogens (tertiary/aromatic N) is 1. The number of aromatic carboxylic acids is 1. The molecule has 1 aliphatic rings. The third-order valence-electron chi connectivity index (χ3n) is 2.44. The van der Waals surface area contributed by atoms with Crippen LogP contribution < -0.4 is 5.32 Å². The molecular weight excluding hydrogens is 208 g/mol. The maximum absolute atomic E-state index is 11.4. The normalized spacial score (nSPS) is 14.5. The first-order valence-electron chi connectivity index (χ1n) is 5.14. The summed E-state index contributed by atoms with van der Waals surface area (Å²) in [4.78, 5) is 25.7. The van der Waals surface area contributed by atoms with Crippen LogP contribution in [-0.4, -0.2) is 22.0 Å². The second-order valence-corrected chi connectivity index (χ2v) is 3.93. The summed E-state index contributed by atoms with van der Waals surface area (Å²) in [7, 11) is 0. The van der Waals surface area contributed by atoms with E-state index < -0.39 is 5.97 Å². The SMILES string of the molecule is O=C(CC1CC1)Nc1ccc(C(=O)O)nc1. The lowest BCUT2D eigenvalue weighted by Gasteiger charge is -2.03. The predicted molar refractivity (Wildman–Crippen MR) is 57.2 cm³/mol. The molecule has 0 bridgehead atoms. The molecule has 2 N–H and O–H groups in total. The van der Waals surface area contributed by atoms with Gasteiger partial charge >= 0.3 is 5.97 Å². The summed E-state index contributed by atoms with van der Waals surface area (Å²) in [5, 5.41) is 11.3. The minimum atomic E-state index is -1.07. The molecule has 1 aromatic rings. The fourth-order valence-electron chi connectivity index (χ4n) is 1.39. The summed E-state index contributed by atoms with van der Waals surface area (Å²) < 4.78 is 0. The topological polar surface area (TPSA) is 79.3 Å². The molecule has 1 fully saturated rings. The lowest BCUT2D eigenvalue weighted by molar-refractivity contribution is -0.116. The molecular formula is C11H12N2O3. The van der Waals surface area contributed by atoms with E-state index >= 15 is 0 Å². The summed E-state index contributed by atoms with van der Waals surface area (Å²) in [5.41, 5.74) is 0.510. The van der Waals surface area contributed by atoms with Crippen LogP contribution in [0.4, 0.5) is 5.69 Å². The lowest BCUT2D eigenvalue weighted by Crippen LogP contribution is -2.12. The van der Waals surface area contributed by atoms with E-state index in [1.165, 1.54) is 12.3 Å². The van der Waals surface area contributed by atoms with Gasteiger partial charge in [-0.1, -0.05) is 0 Å². The Balaban J connectivity index is 1.93. The van der Waals surface area contributed by atoms with Crippen LogP contribution in [0.1, 0.15) is 29.8 Å². The number of carboxylic acid groups (broad SMARTS) is 1. The number of carboxylic acids is 1. The zero-order chi connectivity index (χ0) is 11.5. The molecule has 5 heteroatoms. The maximum Gasteiger partial charge on any atom is 0.354 e. The van der Waals surface area contributed by atoms with E-state index in [1.54, 1.807) is 6.07 Å². The number of hydrogen-bond acceptors (Lipinski definition) is 3. The summed E-state index contributed by atoms with van der Waals surface area (Å²) in [5.74, 6) is -0.575. The Morgan fingerprint density at radius 2 is 2.19 bits per heavy atom. The number of carbonyl (C=O) groups is 2. The Hall–Kier alpha value is -1.91. The van der Waals surface area contributed by atoms with E-state index in [2.05, 4.69) is 10.3 Å². The molecule has 1 aromatic heterocycles. The number of nitrogens with one attached hydrogen (secondary N) is 1. The van der Waals surface area contributed by atoms with Crippen LogP contribution in [-0.2, 0) is 4.79 Å². The molecule has 0 radical (unpaired) electrons. The van der Waals surface area contributed by atoms with Gasteiger partial charge in [-0.25, -0.2) is 9.78 Å². The Kier molecular flexibility index (Phi) is 2.85. The maximum atomic E-state index is 11.4. The Bertz CT molecular complexity index is 410. The molecule has 0 saturated heterocycles. The van der Waals surface area contributed by atoms with Crippen LogP contribution in [0.25, 0.3) is 0 Å². The molecule has 1 heterocycles. The van der Waals surface area contributed by atoms with Crippen molar-refractivity contribution in [2.75, 3.05) is 5.32 Å². The smallest absolute Gasteiger partial charge is 0.354 e. The fourth-order valence-corrected chi connectivity index (χ4v) is 1.39. The van der Waals surface area contributed by atoms with Crippen molar-refractivity contribution in [1.29, 1.82) is 0 Å². The number of anilines is 1. The van der Waals surface area contributed by atoms with Gasteiger partial charge in [0.05, 0.1) is 11.9 Å². The van der Waals surface area contributed by atoms with Crippen LogP contribution in [0.2, 0.25) is 0 Å². The van der Waals surface area contributed by atoms with E-state index in [0.29, 0.717) is 18.0 Å². The summed E-state index contributed by atoms with van der Waals surface area (Å²) in [6, 6.07) is 2.91. The molecule has 0 unspecified atom stereocenters. The van der Waals surface area contributed by atoms with Crippen molar-refractivity contribution in [3.63, 3.8) is 0 Å². The van der Waals surface area contributed by atoms with Crippen molar-refractivity contribution in [2.45, 2.75) is 19.3 Å². The number of aromatic nitrogens is 1. The van der Waals surface area contributed by atoms with Gasteiger partial charge in [0.1, 0.15) is 5.69 Å². The Morgan fingerprint density at radius 1 is 1.44 bits per heavy atom. The lowest BCUT2D eigenvalue weighted by atomic mass is 10.2. The molecule has 0 aromatic carbocycles. The molecule has 84 valence electrons. The second kappa shape index (κ2) is 4.30. The first-order valence-corrected chi connectivity index (χ1v) is 5.14. The van der Waals surface area contributed by atoms with Gasteiger partial charge in [0, 0.05) is 6.42 Å². The number of amides is 1. The molecule has 0 aliphatic heterocycles. The van der Waals surface area contributed by atoms with Crippen molar-refractivity contribution >= 4 is 17.6 Å². The fraction of sp³-hybridized carbons (Fsp3) is 0.364. The Morgan fingerprint density at radius 3 is 2.69 bits per heavy atom. The van der Waals surface area contributed by atoms with E-state index in [-0.39, 0.29) is 11.6 Å². The molecule has 1 amide bonds. The van der Waals surface area contributed by atoms with Crippen LogP contribution in [0.5, 0.6) is 0 Å². The van der Waals surface area contributed by atoms with Gasteiger partial charge in [0.15, 0.2) is 0 Å². The van der Waals surface area contributed by atoms with E-state index in [1.807, 2.05) is 0 Å². The molecule has 0 spiro atoms. The number of rotatable bonds is 4. The molecule has 1 saturated carbocycles. The number of hydrogen-bond donors (Lipinski definition) is 2. The highest BCUT2D eigenvalue weighted by atomic mass is 16.4. The molecule has 16 heavy (non-hydrogen) atoms. The van der Waals surface area contributed by atoms with Gasteiger partial charge in [-0.3, -0.25) is 4.79 Å². The van der Waals surface area contributed by atoms with E-state index in [9.17, 15) is 9.59 Å². The third-order valence-corrected chi connectivity index (χ3v) is 2.44. The van der Waals surface area contributed by atoms with Gasteiger partial charge in [0.25, 0.3) is 0 Å². The zero-order valence-electron chi connectivity index (χ0n) is 8.64. The minimum absolute atomic E-state index is 0.0276. The van der Waals surface area contributed by atoms with Gasteiger partial charge in [-0.15, -0.1) is 0 Å². The van der Waals surface area contributed by atoms with Crippen LogP contribution in [0, 0.1) is 5.92 Å². The highest BCUT2D eigenvalue weighted by Crippen LogP contribution is 2.32. The second-order valence-electron chi connectivity index (χ2n) is 3.93. The first kappa shape index (κ1) is 10.6. The monoisotopic (exact) mass is 220 g/mol. The van der Waals surface area contributed by atoms with E-state index in [4.69, 9.17) is 5.11 Å². The minimum Gasteiger partial charge on any atom is -0.477 e. The summed E-state index contributed by atoms with van der Waals surface area (Å²) in [6.45, 7) is 0. The largest absolute Gasteiger partial charge is 0.477 e. The number of pyridine rings is 1. The average Bonchev–Trinajstić information content (AvgIpc) is 3.02. The van der Waals surface area contributed by atoms with Crippen molar-refractivity contribution in [1.82, 2.24) is 4.98 Å². The third kappa shape index (κ3) is 2.79. The first-order chi connectivity index (χ1) is 7.65. The van der Waals surface area contributed by atoms with Crippen molar-refractivity contribution in [3.8, 4) is 0 Å². The highest BCUT2D eigenvalue weighted by molar-refractivity contribution is 5.91.